The number of aryl methyl sites for hydroxylation is 1. The van der Waals surface area contributed by atoms with Gasteiger partial charge in [-0.3, -0.25) is 4.79 Å². The molecule has 0 aromatic heterocycles. The van der Waals surface area contributed by atoms with Gasteiger partial charge in [-0.15, -0.1) is 0 Å². The van der Waals surface area contributed by atoms with Gasteiger partial charge >= 0.3 is 0 Å². The summed E-state index contributed by atoms with van der Waals surface area (Å²) in [7, 11) is 0. The van der Waals surface area contributed by atoms with E-state index in [-0.39, 0.29) is 11.9 Å². The molecule has 3 heteroatoms. The van der Waals surface area contributed by atoms with Gasteiger partial charge in [0.15, 0.2) is 0 Å². The van der Waals surface area contributed by atoms with Crippen LogP contribution in [0.4, 0.5) is 0 Å². The Morgan fingerprint density at radius 2 is 2.20 bits per heavy atom. The molecular weight excluding hydrogens is 254 g/mol. The Hall–Kier alpha value is -0.830. The molecule has 15 heavy (non-hydrogen) atoms. The van der Waals surface area contributed by atoms with E-state index in [2.05, 4.69) is 28.2 Å². The van der Waals surface area contributed by atoms with Crippen LogP contribution in [0.3, 0.4) is 0 Å². The largest absolute Gasteiger partial charge is 0.350 e. The van der Waals surface area contributed by atoms with E-state index in [9.17, 15) is 4.79 Å². The first-order valence-electron chi connectivity index (χ1n) is 5.11. The van der Waals surface area contributed by atoms with Gasteiger partial charge in [-0.25, -0.2) is 0 Å². The summed E-state index contributed by atoms with van der Waals surface area (Å²) in [5.41, 5.74) is 1.74. The van der Waals surface area contributed by atoms with Crippen molar-refractivity contribution in [2.24, 2.45) is 0 Å². The maximum Gasteiger partial charge on any atom is 0.251 e. The normalized spacial score (nSPS) is 12.3. The average molecular weight is 270 g/mol. The highest BCUT2D eigenvalue weighted by atomic mass is 79.9. The van der Waals surface area contributed by atoms with Gasteiger partial charge in [0.25, 0.3) is 5.91 Å². The Bertz CT molecular complexity index is 363. The SMILES string of the molecule is CCC(C)NC(=O)c1cc(Br)ccc1C. The second kappa shape index (κ2) is 5.31. The first-order valence-corrected chi connectivity index (χ1v) is 5.91. The van der Waals surface area contributed by atoms with Gasteiger partial charge in [-0.1, -0.05) is 28.9 Å². The third kappa shape index (κ3) is 3.34. The van der Waals surface area contributed by atoms with E-state index < -0.39 is 0 Å². The van der Waals surface area contributed by atoms with Gasteiger partial charge in [-0.05, 0) is 38.0 Å². The molecule has 0 aliphatic rings. The number of hydrogen-bond donors (Lipinski definition) is 1. The second-order valence-electron chi connectivity index (χ2n) is 3.74. The van der Waals surface area contributed by atoms with E-state index in [0.29, 0.717) is 0 Å². The molecule has 1 aromatic rings. The van der Waals surface area contributed by atoms with Crippen molar-refractivity contribution in [3.05, 3.63) is 33.8 Å². The third-order valence-corrected chi connectivity index (χ3v) is 2.93. The maximum absolute atomic E-state index is 11.9. The summed E-state index contributed by atoms with van der Waals surface area (Å²) >= 11 is 3.37. The lowest BCUT2D eigenvalue weighted by atomic mass is 10.1. The van der Waals surface area contributed by atoms with Gasteiger partial charge < -0.3 is 5.32 Å². The summed E-state index contributed by atoms with van der Waals surface area (Å²) in [4.78, 5) is 11.9. The molecule has 0 heterocycles. The standard InChI is InChI=1S/C12H16BrNO/c1-4-9(3)14-12(15)11-7-10(13)6-5-8(11)2/h5-7,9H,4H2,1-3H3,(H,14,15). The molecule has 1 atom stereocenters. The van der Waals surface area contributed by atoms with E-state index in [1.807, 2.05) is 32.0 Å². The summed E-state index contributed by atoms with van der Waals surface area (Å²) in [5, 5.41) is 2.95. The molecule has 1 unspecified atom stereocenters. The molecule has 0 aliphatic carbocycles. The fourth-order valence-electron chi connectivity index (χ4n) is 1.24. The Morgan fingerprint density at radius 3 is 2.80 bits per heavy atom. The van der Waals surface area contributed by atoms with Gasteiger partial charge in [-0.2, -0.15) is 0 Å². The van der Waals surface area contributed by atoms with Crippen LogP contribution >= 0.6 is 15.9 Å². The van der Waals surface area contributed by atoms with Crippen molar-refractivity contribution in [2.45, 2.75) is 33.2 Å². The van der Waals surface area contributed by atoms with Crippen LogP contribution in [-0.4, -0.2) is 11.9 Å². The topological polar surface area (TPSA) is 29.1 Å². The Balaban J connectivity index is 2.86. The number of halogens is 1. The minimum Gasteiger partial charge on any atom is -0.350 e. The molecule has 2 nitrogen and oxygen atoms in total. The molecule has 82 valence electrons. The summed E-state index contributed by atoms with van der Waals surface area (Å²) in [6, 6.07) is 5.95. The number of rotatable bonds is 3. The number of carbonyl (C=O) groups is 1. The van der Waals surface area contributed by atoms with E-state index in [1.54, 1.807) is 0 Å². The summed E-state index contributed by atoms with van der Waals surface area (Å²) in [6.45, 7) is 6.00. The molecule has 1 N–H and O–H groups in total. The van der Waals surface area contributed by atoms with Crippen LogP contribution in [0.5, 0.6) is 0 Å². The van der Waals surface area contributed by atoms with Crippen LogP contribution in [0.15, 0.2) is 22.7 Å². The summed E-state index contributed by atoms with van der Waals surface area (Å²) in [6.07, 6.45) is 0.943. The lowest BCUT2D eigenvalue weighted by molar-refractivity contribution is 0.0938. The van der Waals surface area contributed by atoms with Crippen LogP contribution in [0.2, 0.25) is 0 Å². The monoisotopic (exact) mass is 269 g/mol. The van der Waals surface area contributed by atoms with Crippen molar-refractivity contribution in [3.63, 3.8) is 0 Å². The zero-order valence-electron chi connectivity index (χ0n) is 9.30. The molecule has 0 saturated carbocycles. The maximum atomic E-state index is 11.9. The van der Waals surface area contributed by atoms with Crippen molar-refractivity contribution in [1.29, 1.82) is 0 Å². The molecule has 1 amide bonds. The van der Waals surface area contributed by atoms with Gasteiger partial charge in [0.1, 0.15) is 0 Å². The predicted octanol–water partition coefficient (Wildman–Crippen LogP) is 3.29. The number of hydrogen-bond acceptors (Lipinski definition) is 1. The average Bonchev–Trinajstić information content (AvgIpc) is 2.21. The lowest BCUT2D eigenvalue weighted by Crippen LogP contribution is -2.32. The third-order valence-electron chi connectivity index (χ3n) is 2.43. The Labute approximate surface area is 99.2 Å². The highest BCUT2D eigenvalue weighted by molar-refractivity contribution is 9.10. The lowest BCUT2D eigenvalue weighted by Gasteiger charge is -2.12. The summed E-state index contributed by atoms with van der Waals surface area (Å²) in [5.74, 6) is 0.00292. The van der Waals surface area contributed by atoms with E-state index >= 15 is 0 Å². The molecule has 0 spiro atoms. The van der Waals surface area contributed by atoms with Crippen molar-refractivity contribution < 1.29 is 4.79 Å². The molecule has 0 saturated heterocycles. The van der Waals surface area contributed by atoms with Crippen LogP contribution < -0.4 is 5.32 Å². The summed E-state index contributed by atoms with van der Waals surface area (Å²) < 4.78 is 0.933. The first-order chi connectivity index (χ1) is 7.04. The Morgan fingerprint density at radius 1 is 1.53 bits per heavy atom. The number of benzene rings is 1. The van der Waals surface area contributed by atoms with E-state index in [0.717, 1.165) is 22.0 Å². The number of carbonyl (C=O) groups excluding carboxylic acids is 1. The van der Waals surface area contributed by atoms with Crippen molar-refractivity contribution in [3.8, 4) is 0 Å². The first kappa shape index (κ1) is 12.2. The molecule has 0 aliphatic heterocycles. The fraction of sp³-hybridized carbons (Fsp3) is 0.417. The molecule has 1 aromatic carbocycles. The fourth-order valence-corrected chi connectivity index (χ4v) is 1.60. The molecular formula is C12H16BrNO. The zero-order valence-corrected chi connectivity index (χ0v) is 10.9. The van der Waals surface area contributed by atoms with Crippen molar-refractivity contribution in [1.82, 2.24) is 5.32 Å². The van der Waals surface area contributed by atoms with E-state index in [1.165, 1.54) is 0 Å². The molecule has 0 radical (unpaired) electrons. The second-order valence-corrected chi connectivity index (χ2v) is 4.66. The highest BCUT2D eigenvalue weighted by Crippen LogP contribution is 2.16. The molecule has 1 rings (SSSR count). The minimum atomic E-state index is 0.00292. The highest BCUT2D eigenvalue weighted by Gasteiger charge is 2.11. The van der Waals surface area contributed by atoms with Gasteiger partial charge in [0.05, 0.1) is 0 Å². The van der Waals surface area contributed by atoms with Crippen molar-refractivity contribution >= 4 is 21.8 Å². The van der Waals surface area contributed by atoms with Gasteiger partial charge in [0.2, 0.25) is 0 Å². The Kier molecular flexibility index (Phi) is 4.33. The van der Waals surface area contributed by atoms with E-state index in [4.69, 9.17) is 0 Å². The van der Waals surface area contributed by atoms with Crippen LogP contribution in [0.1, 0.15) is 36.2 Å². The van der Waals surface area contributed by atoms with Crippen LogP contribution in [-0.2, 0) is 0 Å². The smallest absolute Gasteiger partial charge is 0.251 e. The molecule has 0 fully saturated rings. The minimum absolute atomic E-state index is 0.00292. The van der Waals surface area contributed by atoms with Crippen molar-refractivity contribution in [2.75, 3.05) is 0 Å². The number of nitrogens with one attached hydrogen (secondary N) is 1. The van der Waals surface area contributed by atoms with Crippen LogP contribution in [0, 0.1) is 6.92 Å². The van der Waals surface area contributed by atoms with Crippen LogP contribution in [0.25, 0.3) is 0 Å². The quantitative estimate of drug-likeness (QED) is 0.897. The number of amides is 1. The predicted molar refractivity (Wildman–Crippen MR) is 66.1 cm³/mol. The molecule has 0 bridgehead atoms. The van der Waals surface area contributed by atoms with Gasteiger partial charge in [0, 0.05) is 16.1 Å². The zero-order chi connectivity index (χ0) is 11.4.